The van der Waals surface area contributed by atoms with Gasteiger partial charge in [0, 0.05) is 11.8 Å². The van der Waals surface area contributed by atoms with Crippen molar-refractivity contribution < 1.29 is 23.0 Å². The molecule has 1 fully saturated rings. The fraction of sp³-hybridized carbons (Fsp3) is 0.350. The number of anilines is 1. The Balaban J connectivity index is 1.60. The topological polar surface area (TPSA) is 114 Å². The molecule has 0 unspecified atom stereocenters. The minimum absolute atomic E-state index is 0.134. The molecule has 0 saturated carbocycles. The van der Waals surface area contributed by atoms with Crippen molar-refractivity contribution >= 4 is 27.3 Å². The summed E-state index contributed by atoms with van der Waals surface area (Å²) < 4.78 is 27.0. The molecule has 2 aromatic carbocycles. The summed E-state index contributed by atoms with van der Waals surface area (Å²) in [6, 6.07) is 11.2. The number of sulfonamides is 1. The maximum atomic E-state index is 12.9. The second-order valence-corrected chi connectivity index (χ2v) is 9.39. The number of benzene rings is 2. The largest absolute Gasteiger partial charge is 0.325 e. The first kappa shape index (κ1) is 21.9. The van der Waals surface area contributed by atoms with Crippen LogP contribution < -0.4 is 10.2 Å². The van der Waals surface area contributed by atoms with Crippen molar-refractivity contribution in [2.75, 3.05) is 38.0 Å². The van der Waals surface area contributed by atoms with Crippen LogP contribution in [0, 0.1) is 24.0 Å². The van der Waals surface area contributed by atoms with Crippen LogP contribution in [0.2, 0.25) is 0 Å². The molecule has 0 aromatic heterocycles. The van der Waals surface area contributed by atoms with Gasteiger partial charge in [-0.2, -0.15) is 4.31 Å². The first-order chi connectivity index (χ1) is 14.2. The third kappa shape index (κ3) is 5.02. The van der Waals surface area contributed by atoms with Crippen molar-refractivity contribution in [1.29, 1.82) is 0 Å². The van der Waals surface area contributed by atoms with Crippen LogP contribution in [0.25, 0.3) is 0 Å². The average Bonchev–Trinajstić information content (AvgIpc) is 2.67. The standard InChI is InChI=1S/C20H24N4O5S/c1-15-11-16(2)13-17(12-15)21-20(25)14-22-7-9-23(10-8-22)30(28,29)19-6-4-3-5-18(19)24(26)27/h3-6,11-13H,7-10,14H2,1-2H3,(H,21,25)/p+1. The van der Waals surface area contributed by atoms with E-state index in [4.69, 9.17) is 0 Å². The summed E-state index contributed by atoms with van der Waals surface area (Å²) in [5.41, 5.74) is 2.44. The van der Waals surface area contributed by atoms with Crippen LogP contribution >= 0.6 is 0 Å². The molecule has 0 spiro atoms. The number of rotatable bonds is 6. The SMILES string of the molecule is Cc1cc(C)cc(NC(=O)C[NH+]2CCN(S(=O)(=O)c3ccccc3[N+](=O)[O-])CC2)c1. The minimum atomic E-state index is -3.97. The summed E-state index contributed by atoms with van der Waals surface area (Å²) in [4.78, 5) is 23.5. The van der Waals surface area contributed by atoms with Crippen LogP contribution in [0.15, 0.2) is 47.4 Å². The molecular weight excluding hydrogens is 408 g/mol. The van der Waals surface area contributed by atoms with Gasteiger partial charge in [0.1, 0.15) is 0 Å². The van der Waals surface area contributed by atoms with Crippen molar-refractivity contribution in [3.8, 4) is 0 Å². The van der Waals surface area contributed by atoms with Crippen molar-refractivity contribution in [2.45, 2.75) is 18.7 Å². The molecular formula is C20H25N4O5S+. The molecule has 10 heteroatoms. The quantitative estimate of drug-likeness (QED) is 0.515. The first-order valence-corrected chi connectivity index (χ1v) is 11.1. The van der Waals surface area contributed by atoms with E-state index in [9.17, 15) is 23.3 Å². The molecule has 160 valence electrons. The monoisotopic (exact) mass is 433 g/mol. The third-order valence-corrected chi connectivity index (χ3v) is 6.97. The summed E-state index contributed by atoms with van der Waals surface area (Å²) in [5, 5.41) is 14.1. The molecule has 0 atom stereocenters. The van der Waals surface area contributed by atoms with E-state index >= 15 is 0 Å². The molecule has 1 saturated heterocycles. The third-order valence-electron chi connectivity index (χ3n) is 5.03. The number of hydrogen-bond donors (Lipinski definition) is 2. The summed E-state index contributed by atoms with van der Waals surface area (Å²) in [6.45, 7) is 5.43. The Hall–Kier alpha value is -2.82. The van der Waals surface area contributed by atoms with E-state index in [1.165, 1.54) is 28.6 Å². The summed E-state index contributed by atoms with van der Waals surface area (Å²) in [7, 11) is -3.97. The van der Waals surface area contributed by atoms with E-state index in [1.54, 1.807) is 0 Å². The molecule has 1 amide bonds. The highest BCUT2D eigenvalue weighted by atomic mass is 32.2. The Labute approximate surface area is 175 Å². The predicted octanol–water partition coefficient (Wildman–Crippen LogP) is 0.740. The molecule has 2 N–H and O–H groups in total. The van der Waals surface area contributed by atoms with Crippen LogP contribution in [0.1, 0.15) is 11.1 Å². The van der Waals surface area contributed by atoms with Crippen LogP contribution in [0.3, 0.4) is 0 Å². The van der Waals surface area contributed by atoms with Gasteiger partial charge in [0.25, 0.3) is 11.6 Å². The van der Waals surface area contributed by atoms with Crippen molar-refractivity contribution in [3.05, 3.63) is 63.7 Å². The first-order valence-electron chi connectivity index (χ1n) is 9.62. The van der Waals surface area contributed by atoms with E-state index in [1.807, 2.05) is 32.0 Å². The van der Waals surface area contributed by atoms with Crippen LogP contribution in [-0.2, 0) is 14.8 Å². The van der Waals surface area contributed by atoms with Gasteiger partial charge in [-0.15, -0.1) is 0 Å². The lowest BCUT2D eigenvalue weighted by atomic mass is 10.1. The maximum absolute atomic E-state index is 12.9. The van der Waals surface area contributed by atoms with Gasteiger partial charge in [-0.1, -0.05) is 18.2 Å². The molecule has 30 heavy (non-hydrogen) atoms. The number of piperazine rings is 1. The van der Waals surface area contributed by atoms with Crippen molar-refractivity contribution in [2.24, 2.45) is 0 Å². The highest BCUT2D eigenvalue weighted by Gasteiger charge is 2.35. The second kappa shape index (κ2) is 8.90. The Morgan fingerprint density at radius 2 is 1.73 bits per heavy atom. The second-order valence-electron chi connectivity index (χ2n) is 7.48. The number of quaternary nitrogens is 1. The van der Waals surface area contributed by atoms with Gasteiger partial charge in [-0.3, -0.25) is 14.9 Å². The molecule has 0 aliphatic carbocycles. The Bertz CT molecular complexity index is 1040. The van der Waals surface area contributed by atoms with Gasteiger partial charge in [-0.25, -0.2) is 8.42 Å². The van der Waals surface area contributed by atoms with Crippen LogP contribution in [0.4, 0.5) is 11.4 Å². The van der Waals surface area contributed by atoms with Gasteiger partial charge < -0.3 is 10.2 Å². The lowest BCUT2D eigenvalue weighted by Crippen LogP contribution is -3.15. The highest BCUT2D eigenvalue weighted by molar-refractivity contribution is 7.89. The highest BCUT2D eigenvalue weighted by Crippen LogP contribution is 2.26. The summed E-state index contributed by atoms with van der Waals surface area (Å²) in [5.74, 6) is -0.134. The maximum Gasteiger partial charge on any atom is 0.289 e. The van der Waals surface area contributed by atoms with Crippen molar-refractivity contribution in [3.63, 3.8) is 0 Å². The Kier molecular flexibility index (Phi) is 6.49. The molecule has 2 aromatic rings. The number of carbonyl (C=O) groups excluding carboxylic acids is 1. The minimum Gasteiger partial charge on any atom is -0.325 e. The van der Waals surface area contributed by atoms with Gasteiger partial charge >= 0.3 is 0 Å². The number of nitrogens with zero attached hydrogens (tertiary/aromatic N) is 2. The van der Waals surface area contributed by atoms with E-state index in [0.29, 0.717) is 13.1 Å². The molecule has 1 aliphatic heterocycles. The Morgan fingerprint density at radius 3 is 2.33 bits per heavy atom. The molecule has 1 aliphatic rings. The molecule has 3 rings (SSSR count). The molecule has 0 bridgehead atoms. The zero-order valence-corrected chi connectivity index (χ0v) is 17.7. The Morgan fingerprint density at radius 1 is 1.13 bits per heavy atom. The number of nitro benzene ring substituents is 1. The van der Waals surface area contributed by atoms with E-state index in [0.717, 1.165) is 21.7 Å². The fourth-order valence-electron chi connectivity index (χ4n) is 3.66. The lowest BCUT2D eigenvalue weighted by Gasteiger charge is -2.31. The number of hydrogen-bond acceptors (Lipinski definition) is 5. The number of aryl methyl sites for hydroxylation is 2. The van der Waals surface area contributed by atoms with Crippen molar-refractivity contribution in [1.82, 2.24) is 4.31 Å². The number of nitrogens with one attached hydrogen (secondary N) is 2. The summed E-state index contributed by atoms with van der Waals surface area (Å²) in [6.07, 6.45) is 0. The summed E-state index contributed by atoms with van der Waals surface area (Å²) >= 11 is 0. The number of nitro groups is 1. The van der Waals surface area contributed by atoms with E-state index < -0.39 is 20.6 Å². The van der Waals surface area contributed by atoms with Gasteiger partial charge in [0.2, 0.25) is 10.0 Å². The number of para-hydroxylation sites is 1. The van der Waals surface area contributed by atoms with Gasteiger partial charge in [0.05, 0.1) is 31.1 Å². The average molecular weight is 434 g/mol. The predicted molar refractivity (Wildman–Crippen MR) is 112 cm³/mol. The van der Waals surface area contributed by atoms with E-state index in [2.05, 4.69) is 5.32 Å². The zero-order valence-electron chi connectivity index (χ0n) is 16.9. The fourth-order valence-corrected chi connectivity index (χ4v) is 5.26. The van der Waals surface area contributed by atoms with Crippen LogP contribution in [-0.4, -0.2) is 56.3 Å². The van der Waals surface area contributed by atoms with Crippen LogP contribution in [0.5, 0.6) is 0 Å². The molecule has 1 heterocycles. The number of amides is 1. The van der Waals surface area contributed by atoms with E-state index in [-0.39, 0.29) is 30.4 Å². The molecule has 9 nitrogen and oxygen atoms in total. The number of carbonyl (C=O) groups is 1. The molecule has 0 radical (unpaired) electrons. The smallest absolute Gasteiger partial charge is 0.289 e. The normalized spacial score (nSPS) is 15.7. The van der Waals surface area contributed by atoms with Gasteiger partial charge in [0.15, 0.2) is 11.4 Å². The van der Waals surface area contributed by atoms with Gasteiger partial charge in [-0.05, 0) is 43.2 Å². The zero-order chi connectivity index (χ0) is 21.9. The lowest BCUT2D eigenvalue weighted by molar-refractivity contribution is -0.895.